The maximum absolute atomic E-state index is 12.8. The molecule has 2 aromatic rings. The molecule has 1 aromatic carbocycles. The summed E-state index contributed by atoms with van der Waals surface area (Å²) in [6.45, 7) is 7.29. The molecule has 0 aliphatic carbocycles. The lowest BCUT2D eigenvalue weighted by Crippen LogP contribution is -2.39. The second-order valence-electron chi connectivity index (χ2n) is 7.32. The van der Waals surface area contributed by atoms with Crippen LogP contribution in [0.5, 0.6) is 5.75 Å². The molecule has 0 amide bonds. The number of esters is 2. The van der Waals surface area contributed by atoms with Gasteiger partial charge in [0.1, 0.15) is 5.75 Å². The average Bonchev–Trinajstić information content (AvgIpc) is 3.15. The van der Waals surface area contributed by atoms with Gasteiger partial charge >= 0.3 is 11.9 Å². The summed E-state index contributed by atoms with van der Waals surface area (Å²) in [4.78, 5) is 28.8. The second-order valence-corrected chi connectivity index (χ2v) is 7.32. The zero-order valence-corrected chi connectivity index (χ0v) is 16.0. The van der Waals surface area contributed by atoms with Crippen molar-refractivity contribution in [2.24, 2.45) is 10.8 Å². The van der Waals surface area contributed by atoms with Crippen LogP contribution in [0.15, 0.2) is 43.0 Å². The van der Waals surface area contributed by atoms with Crippen molar-refractivity contribution < 1.29 is 19.1 Å². The van der Waals surface area contributed by atoms with E-state index in [1.165, 1.54) is 7.11 Å². The van der Waals surface area contributed by atoms with Crippen molar-refractivity contribution in [3.05, 3.63) is 43.0 Å². The molecule has 0 bridgehead atoms. The third kappa shape index (κ3) is 4.31. The lowest BCUT2D eigenvalue weighted by Gasteiger charge is -2.33. The van der Waals surface area contributed by atoms with Crippen LogP contribution in [0.1, 0.15) is 40.5 Å². The minimum Gasteiger partial charge on any atom is -0.469 e. The van der Waals surface area contributed by atoms with E-state index in [9.17, 15) is 9.59 Å². The van der Waals surface area contributed by atoms with Crippen LogP contribution in [-0.2, 0) is 14.3 Å². The molecule has 0 N–H and O–H groups in total. The van der Waals surface area contributed by atoms with Gasteiger partial charge in [0, 0.05) is 18.1 Å². The Morgan fingerprint density at radius 2 is 1.77 bits per heavy atom. The molecule has 6 heteroatoms. The first-order valence-electron chi connectivity index (χ1n) is 8.61. The number of rotatable bonds is 7. The molecular weight excluding hydrogens is 332 g/mol. The first-order chi connectivity index (χ1) is 12.2. The van der Waals surface area contributed by atoms with Crippen LogP contribution in [0.3, 0.4) is 0 Å². The van der Waals surface area contributed by atoms with Crippen LogP contribution in [-0.4, -0.2) is 28.6 Å². The van der Waals surface area contributed by atoms with Crippen molar-refractivity contribution in [3.63, 3.8) is 0 Å². The topological polar surface area (TPSA) is 70.4 Å². The number of imidazole rings is 1. The van der Waals surface area contributed by atoms with E-state index in [0.717, 1.165) is 5.69 Å². The fourth-order valence-electron chi connectivity index (χ4n) is 2.99. The Bertz CT molecular complexity index is 751. The van der Waals surface area contributed by atoms with E-state index in [1.807, 2.05) is 36.7 Å². The monoisotopic (exact) mass is 358 g/mol. The number of carbonyl (C=O) groups excluding carboxylic acids is 2. The Kier molecular flexibility index (Phi) is 5.85. The summed E-state index contributed by atoms with van der Waals surface area (Å²) in [5, 5.41) is 0. The Hall–Kier alpha value is -2.63. The molecule has 0 radical (unpaired) electrons. The minimum absolute atomic E-state index is 0.338. The zero-order chi connectivity index (χ0) is 19.4. The summed E-state index contributed by atoms with van der Waals surface area (Å²) in [5.41, 5.74) is -0.641. The van der Waals surface area contributed by atoms with Crippen molar-refractivity contribution in [1.29, 1.82) is 0 Å². The first-order valence-corrected chi connectivity index (χ1v) is 8.61. The molecule has 1 unspecified atom stereocenters. The average molecular weight is 358 g/mol. The summed E-state index contributed by atoms with van der Waals surface area (Å²) in [6.07, 6.45) is 6.13. The molecule has 0 fully saturated rings. The second kappa shape index (κ2) is 7.72. The molecule has 0 aliphatic rings. The van der Waals surface area contributed by atoms with Crippen LogP contribution in [0.2, 0.25) is 0 Å². The number of aromatic nitrogens is 2. The van der Waals surface area contributed by atoms with E-state index in [4.69, 9.17) is 9.47 Å². The van der Waals surface area contributed by atoms with Gasteiger partial charge in [0.15, 0.2) is 0 Å². The number of nitrogens with zero attached hydrogens (tertiary/aromatic N) is 2. The molecule has 0 spiro atoms. The Morgan fingerprint density at radius 3 is 2.27 bits per heavy atom. The summed E-state index contributed by atoms with van der Waals surface area (Å²) >= 11 is 0. The molecule has 0 saturated carbocycles. The fraction of sp³-hybridized carbons (Fsp3) is 0.450. The first kappa shape index (κ1) is 19.7. The number of ether oxygens (including phenoxy) is 2. The van der Waals surface area contributed by atoms with Gasteiger partial charge in [-0.1, -0.05) is 6.92 Å². The number of methoxy groups -OCH3 is 1. The number of hydrogen-bond donors (Lipinski definition) is 0. The highest BCUT2D eigenvalue weighted by Crippen LogP contribution is 2.38. The van der Waals surface area contributed by atoms with Gasteiger partial charge in [-0.3, -0.25) is 9.59 Å². The van der Waals surface area contributed by atoms with E-state index in [1.54, 1.807) is 38.5 Å². The maximum atomic E-state index is 12.8. The lowest BCUT2D eigenvalue weighted by atomic mass is 9.72. The minimum atomic E-state index is -0.791. The summed E-state index contributed by atoms with van der Waals surface area (Å²) in [7, 11) is 1.35. The van der Waals surface area contributed by atoms with Crippen LogP contribution >= 0.6 is 0 Å². The summed E-state index contributed by atoms with van der Waals surface area (Å²) < 4.78 is 12.3. The number of carbonyl (C=O) groups is 2. The van der Waals surface area contributed by atoms with E-state index < -0.39 is 10.8 Å². The molecule has 0 aliphatic heterocycles. The third-order valence-corrected chi connectivity index (χ3v) is 4.69. The van der Waals surface area contributed by atoms with Gasteiger partial charge in [0.2, 0.25) is 0 Å². The summed E-state index contributed by atoms with van der Waals surface area (Å²) in [5.74, 6) is -0.226. The van der Waals surface area contributed by atoms with E-state index >= 15 is 0 Å². The lowest BCUT2D eigenvalue weighted by molar-refractivity contribution is -0.156. The molecule has 2 rings (SSSR count). The Labute approximate surface area is 154 Å². The quantitative estimate of drug-likeness (QED) is 0.556. The van der Waals surface area contributed by atoms with Gasteiger partial charge < -0.3 is 14.0 Å². The number of benzene rings is 1. The van der Waals surface area contributed by atoms with Gasteiger partial charge in [-0.2, -0.15) is 0 Å². The smallest absolute Gasteiger partial charge is 0.317 e. The van der Waals surface area contributed by atoms with Gasteiger partial charge in [-0.25, -0.2) is 4.98 Å². The van der Waals surface area contributed by atoms with Crippen molar-refractivity contribution in [2.45, 2.75) is 40.5 Å². The fourth-order valence-corrected chi connectivity index (χ4v) is 2.99. The standard InChI is InChI=1S/C20H26N2O4/c1-6-20(4,13-19(2,3)17(23)25-5)18(24)26-16-9-7-15(8-10-16)22-12-11-21-14-22/h7-12,14H,6,13H2,1-5H3. The number of hydrogen-bond acceptors (Lipinski definition) is 5. The molecule has 1 heterocycles. The zero-order valence-electron chi connectivity index (χ0n) is 16.0. The third-order valence-electron chi connectivity index (χ3n) is 4.69. The van der Waals surface area contributed by atoms with E-state index in [2.05, 4.69) is 4.98 Å². The molecule has 1 aromatic heterocycles. The van der Waals surface area contributed by atoms with E-state index in [0.29, 0.717) is 18.6 Å². The van der Waals surface area contributed by atoms with Gasteiger partial charge in [-0.05, 0) is 57.9 Å². The highest BCUT2D eigenvalue weighted by molar-refractivity contribution is 5.81. The molecule has 0 saturated heterocycles. The van der Waals surface area contributed by atoms with Crippen molar-refractivity contribution in [1.82, 2.24) is 9.55 Å². The van der Waals surface area contributed by atoms with Gasteiger partial charge in [-0.15, -0.1) is 0 Å². The molecule has 6 nitrogen and oxygen atoms in total. The molecule has 140 valence electrons. The van der Waals surface area contributed by atoms with Crippen molar-refractivity contribution >= 4 is 11.9 Å². The predicted octanol–water partition coefficient (Wildman–Crippen LogP) is 3.78. The molecular formula is C20H26N2O4. The largest absolute Gasteiger partial charge is 0.469 e. The Balaban J connectivity index is 2.12. The molecule has 1 atom stereocenters. The Morgan fingerprint density at radius 1 is 1.12 bits per heavy atom. The van der Waals surface area contributed by atoms with Crippen LogP contribution in [0.4, 0.5) is 0 Å². The normalized spacial score (nSPS) is 13.7. The van der Waals surface area contributed by atoms with Crippen LogP contribution in [0, 0.1) is 10.8 Å². The van der Waals surface area contributed by atoms with Crippen molar-refractivity contribution in [3.8, 4) is 11.4 Å². The summed E-state index contributed by atoms with van der Waals surface area (Å²) in [6, 6.07) is 7.20. The van der Waals surface area contributed by atoms with Gasteiger partial charge in [0.25, 0.3) is 0 Å². The predicted molar refractivity (Wildman–Crippen MR) is 98.0 cm³/mol. The SMILES string of the molecule is CCC(C)(CC(C)(C)C(=O)OC)C(=O)Oc1ccc(-n2ccnc2)cc1. The van der Waals surface area contributed by atoms with Crippen LogP contribution in [0.25, 0.3) is 5.69 Å². The van der Waals surface area contributed by atoms with Crippen molar-refractivity contribution in [2.75, 3.05) is 7.11 Å². The highest BCUT2D eigenvalue weighted by atomic mass is 16.5. The maximum Gasteiger partial charge on any atom is 0.317 e. The molecule has 26 heavy (non-hydrogen) atoms. The van der Waals surface area contributed by atoms with E-state index in [-0.39, 0.29) is 11.9 Å². The highest BCUT2D eigenvalue weighted by Gasteiger charge is 2.42. The van der Waals surface area contributed by atoms with Crippen LogP contribution < -0.4 is 4.74 Å². The van der Waals surface area contributed by atoms with Gasteiger partial charge in [0.05, 0.1) is 24.3 Å².